The maximum atomic E-state index is 5.43. The van der Waals surface area contributed by atoms with E-state index in [0.717, 1.165) is 5.75 Å². The maximum Gasteiger partial charge on any atom is 0.123 e. The molecule has 2 nitrogen and oxygen atoms in total. The number of ether oxygens (including phenoxy) is 1. The first-order chi connectivity index (χ1) is 7.11. The van der Waals surface area contributed by atoms with Gasteiger partial charge in [0.05, 0.1) is 7.11 Å². The zero-order chi connectivity index (χ0) is 11.0. The molecule has 2 atom stereocenters. The van der Waals surface area contributed by atoms with E-state index in [1.807, 2.05) is 0 Å². The molecule has 1 fully saturated rings. The summed E-state index contributed by atoms with van der Waals surface area (Å²) in [6.45, 7) is 6.49. The maximum absolute atomic E-state index is 5.43. The predicted octanol–water partition coefficient (Wildman–Crippen LogP) is 2.73. The quantitative estimate of drug-likeness (QED) is 0.801. The normalized spacial score (nSPS) is 24.8. The van der Waals surface area contributed by atoms with Crippen LogP contribution in [0.1, 0.15) is 36.1 Å². The molecule has 0 radical (unpaired) electrons. The average molecular weight is 205 g/mol. The minimum Gasteiger partial charge on any atom is -0.496 e. The van der Waals surface area contributed by atoms with E-state index in [9.17, 15) is 0 Å². The van der Waals surface area contributed by atoms with E-state index in [1.165, 1.54) is 23.1 Å². The Hall–Kier alpha value is -1.02. The van der Waals surface area contributed by atoms with Crippen molar-refractivity contribution in [2.24, 2.45) is 0 Å². The van der Waals surface area contributed by atoms with Gasteiger partial charge in [0.25, 0.3) is 0 Å². The fourth-order valence-corrected chi connectivity index (χ4v) is 2.15. The lowest BCUT2D eigenvalue weighted by molar-refractivity contribution is 0.278. The number of benzene rings is 1. The van der Waals surface area contributed by atoms with Gasteiger partial charge in [-0.3, -0.25) is 0 Å². The number of hydrogen-bond donors (Lipinski definition) is 1. The van der Waals surface area contributed by atoms with Crippen LogP contribution in [0.15, 0.2) is 12.1 Å². The van der Waals surface area contributed by atoms with Crippen molar-refractivity contribution in [1.82, 2.24) is 5.32 Å². The molecule has 2 unspecified atom stereocenters. The molecule has 0 spiro atoms. The van der Waals surface area contributed by atoms with Crippen molar-refractivity contribution >= 4 is 0 Å². The number of aryl methyl sites for hydroxylation is 2. The van der Waals surface area contributed by atoms with Gasteiger partial charge < -0.3 is 10.1 Å². The Morgan fingerprint density at radius 1 is 1.27 bits per heavy atom. The van der Waals surface area contributed by atoms with E-state index in [1.54, 1.807) is 7.11 Å². The highest BCUT2D eigenvalue weighted by molar-refractivity contribution is 5.44. The third-order valence-corrected chi connectivity index (χ3v) is 3.30. The Morgan fingerprint density at radius 2 is 1.87 bits per heavy atom. The standard InChI is InChI=1S/C13H19NO/c1-8-5-11(12-7-10(3)14-12)13(15-4)6-9(8)2/h5-6,10,12,14H,7H2,1-4H3. The Labute approximate surface area is 91.6 Å². The summed E-state index contributed by atoms with van der Waals surface area (Å²) < 4.78 is 5.43. The summed E-state index contributed by atoms with van der Waals surface area (Å²) in [6, 6.07) is 5.50. The largest absolute Gasteiger partial charge is 0.496 e. The molecule has 1 saturated heterocycles. The summed E-state index contributed by atoms with van der Waals surface area (Å²) in [5, 5.41) is 3.50. The fourth-order valence-electron chi connectivity index (χ4n) is 2.15. The van der Waals surface area contributed by atoms with Crippen molar-refractivity contribution in [3.63, 3.8) is 0 Å². The van der Waals surface area contributed by atoms with Gasteiger partial charge in [-0.2, -0.15) is 0 Å². The van der Waals surface area contributed by atoms with Crippen LogP contribution in [-0.4, -0.2) is 13.2 Å². The number of rotatable bonds is 2. The van der Waals surface area contributed by atoms with Crippen molar-refractivity contribution < 1.29 is 4.74 Å². The number of methoxy groups -OCH3 is 1. The molecule has 82 valence electrons. The second kappa shape index (κ2) is 3.86. The molecule has 0 aliphatic carbocycles. The topological polar surface area (TPSA) is 21.3 Å². The minimum atomic E-state index is 0.481. The molecular weight excluding hydrogens is 186 g/mol. The molecule has 1 aliphatic heterocycles. The van der Waals surface area contributed by atoms with Gasteiger partial charge in [-0.05, 0) is 44.4 Å². The molecule has 1 N–H and O–H groups in total. The Morgan fingerprint density at radius 3 is 2.40 bits per heavy atom. The molecule has 2 heteroatoms. The van der Waals surface area contributed by atoms with Crippen LogP contribution in [0.4, 0.5) is 0 Å². The van der Waals surface area contributed by atoms with Gasteiger partial charge in [-0.1, -0.05) is 6.07 Å². The molecular formula is C13H19NO. The fraction of sp³-hybridized carbons (Fsp3) is 0.538. The summed E-state index contributed by atoms with van der Waals surface area (Å²) in [5.41, 5.74) is 3.94. The van der Waals surface area contributed by atoms with E-state index < -0.39 is 0 Å². The van der Waals surface area contributed by atoms with Crippen LogP contribution in [0.3, 0.4) is 0 Å². The lowest BCUT2D eigenvalue weighted by Crippen LogP contribution is -2.43. The van der Waals surface area contributed by atoms with E-state index in [4.69, 9.17) is 4.74 Å². The van der Waals surface area contributed by atoms with E-state index in [2.05, 4.69) is 38.2 Å². The van der Waals surface area contributed by atoms with E-state index in [-0.39, 0.29) is 0 Å². The molecule has 1 aromatic rings. The van der Waals surface area contributed by atoms with Crippen molar-refractivity contribution in [2.45, 2.75) is 39.3 Å². The summed E-state index contributed by atoms with van der Waals surface area (Å²) in [4.78, 5) is 0. The van der Waals surface area contributed by atoms with Crippen LogP contribution in [0.2, 0.25) is 0 Å². The Balaban J connectivity index is 2.33. The highest BCUT2D eigenvalue weighted by Crippen LogP contribution is 2.35. The van der Waals surface area contributed by atoms with Crippen molar-refractivity contribution in [3.8, 4) is 5.75 Å². The molecule has 0 aromatic heterocycles. The van der Waals surface area contributed by atoms with Crippen molar-refractivity contribution in [2.75, 3.05) is 7.11 Å². The zero-order valence-corrected chi connectivity index (χ0v) is 9.92. The molecule has 0 bridgehead atoms. The first-order valence-electron chi connectivity index (χ1n) is 5.53. The molecule has 1 aromatic carbocycles. The second-order valence-corrected chi connectivity index (χ2v) is 4.53. The smallest absolute Gasteiger partial charge is 0.123 e. The van der Waals surface area contributed by atoms with Gasteiger partial charge >= 0.3 is 0 Å². The van der Waals surface area contributed by atoms with Crippen molar-refractivity contribution in [3.05, 3.63) is 28.8 Å². The van der Waals surface area contributed by atoms with Crippen LogP contribution >= 0.6 is 0 Å². The lowest BCUT2D eigenvalue weighted by Gasteiger charge is -2.36. The van der Waals surface area contributed by atoms with E-state index >= 15 is 0 Å². The molecule has 15 heavy (non-hydrogen) atoms. The molecule has 2 rings (SSSR count). The van der Waals surface area contributed by atoms with E-state index in [0.29, 0.717) is 12.1 Å². The second-order valence-electron chi connectivity index (χ2n) is 4.53. The van der Waals surface area contributed by atoms with Gasteiger partial charge in [0.1, 0.15) is 5.75 Å². The Bertz CT molecular complexity index is 367. The highest BCUT2D eigenvalue weighted by Gasteiger charge is 2.28. The third kappa shape index (κ3) is 1.86. The third-order valence-electron chi connectivity index (χ3n) is 3.30. The summed E-state index contributed by atoms with van der Waals surface area (Å²) in [7, 11) is 1.75. The van der Waals surface area contributed by atoms with Crippen LogP contribution in [0.25, 0.3) is 0 Å². The molecule has 1 heterocycles. The zero-order valence-electron chi connectivity index (χ0n) is 9.92. The van der Waals surface area contributed by atoms with Gasteiger partial charge in [0, 0.05) is 17.6 Å². The SMILES string of the molecule is COc1cc(C)c(C)cc1C1CC(C)N1. The average Bonchev–Trinajstić information content (AvgIpc) is 2.17. The van der Waals surface area contributed by atoms with Crippen molar-refractivity contribution in [1.29, 1.82) is 0 Å². The van der Waals surface area contributed by atoms with Gasteiger partial charge in [0.2, 0.25) is 0 Å². The Kier molecular flexibility index (Phi) is 2.70. The number of nitrogens with one attached hydrogen (secondary N) is 1. The molecule has 0 saturated carbocycles. The van der Waals surface area contributed by atoms with Gasteiger partial charge in [-0.25, -0.2) is 0 Å². The van der Waals surface area contributed by atoms with Crippen LogP contribution in [-0.2, 0) is 0 Å². The monoisotopic (exact) mass is 205 g/mol. The summed E-state index contributed by atoms with van der Waals surface area (Å²) in [5.74, 6) is 1.02. The summed E-state index contributed by atoms with van der Waals surface area (Å²) in [6.07, 6.45) is 1.21. The van der Waals surface area contributed by atoms with Crippen LogP contribution in [0, 0.1) is 13.8 Å². The first-order valence-corrected chi connectivity index (χ1v) is 5.53. The van der Waals surface area contributed by atoms with Crippen LogP contribution < -0.4 is 10.1 Å². The van der Waals surface area contributed by atoms with Gasteiger partial charge in [-0.15, -0.1) is 0 Å². The highest BCUT2D eigenvalue weighted by atomic mass is 16.5. The minimum absolute atomic E-state index is 0.481. The lowest BCUT2D eigenvalue weighted by atomic mass is 9.89. The summed E-state index contributed by atoms with van der Waals surface area (Å²) >= 11 is 0. The first kappa shape index (κ1) is 10.5. The molecule has 1 aliphatic rings. The van der Waals surface area contributed by atoms with Gasteiger partial charge in [0.15, 0.2) is 0 Å². The number of hydrogen-bond acceptors (Lipinski definition) is 2. The predicted molar refractivity (Wildman–Crippen MR) is 62.4 cm³/mol. The molecule has 0 amide bonds. The van der Waals surface area contributed by atoms with Crippen LogP contribution in [0.5, 0.6) is 5.75 Å².